The highest BCUT2D eigenvalue weighted by atomic mass is 19.2. The average molecular weight is 277 g/mol. The van der Waals surface area contributed by atoms with Gasteiger partial charge in [0.15, 0.2) is 17.4 Å². The summed E-state index contributed by atoms with van der Waals surface area (Å²) in [5.74, 6) is -8.54. The maximum atomic E-state index is 13.3. The number of hydrogen-bond donors (Lipinski definition) is 2. The van der Waals surface area contributed by atoms with E-state index >= 15 is 0 Å². The summed E-state index contributed by atoms with van der Waals surface area (Å²) in [5, 5.41) is 10.9. The largest absolute Gasteiger partial charge is 0.503 e. The number of phenols is 1. The van der Waals surface area contributed by atoms with E-state index in [0.29, 0.717) is 0 Å². The van der Waals surface area contributed by atoms with Crippen LogP contribution in [0, 0.1) is 17.5 Å². The van der Waals surface area contributed by atoms with Gasteiger partial charge in [-0.15, -0.1) is 0 Å². The Morgan fingerprint density at radius 3 is 2.53 bits per heavy atom. The third-order valence-electron chi connectivity index (χ3n) is 2.08. The minimum Gasteiger partial charge on any atom is -0.503 e. The Balaban J connectivity index is 2.86. The lowest BCUT2D eigenvalue weighted by molar-refractivity contribution is -0.141. The van der Waals surface area contributed by atoms with Crippen LogP contribution in [0.1, 0.15) is 17.3 Å². The van der Waals surface area contributed by atoms with Crippen LogP contribution in [0.25, 0.3) is 0 Å². The fourth-order valence-corrected chi connectivity index (χ4v) is 1.22. The van der Waals surface area contributed by atoms with Crippen LogP contribution in [0.4, 0.5) is 13.2 Å². The topological polar surface area (TPSA) is 75.6 Å². The van der Waals surface area contributed by atoms with E-state index in [4.69, 9.17) is 5.11 Å². The summed E-state index contributed by atoms with van der Waals surface area (Å²) in [6, 6.07) is 0.283. The Hall–Kier alpha value is -2.25. The van der Waals surface area contributed by atoms with Gasteiger partial charge in [-0.3, -0.25) is 9.59 Å². The van der Waals surface area contributed by atoms with Crippen LogP contribution in [0.2, 0.25) is 0 Å². The SMILES string of the molecule is CCOC(=O)CNC(=O)c1cc(F)c(F)c(O)c1F. The van der Waals surface area contributed by atoms with Gasteiger partial charge in [0, 0.05) is 0 Å². The molecule has 1 aromatic rings. The predicted molar refractivity (Wildman–Crippen MR) is 56.9 cm³/mol. The monoisotopic (exact) mass is 277 g/mol. The van der Waals surface area contributed by atoms with Gasteiger partial charge in [-0.25, -0.2) is 8.78 Å². The third-order valence-corrected chi connectivity index (χ3v) is 2.08. The van der Waals surface area contributed by atoms with Crippen LogP contribution in [0.15, 0.2) is 6.07 Å². The number of rotatable bonds is 4. The van der Waals surface area contributed by atoms with Crippen molar-refractivity contribution in [2.75, 3.05) is 13.2 Å². The summed E-state index contributed by atoms with van der Waals surface area (Å²) >= 11 is 0. The fraction of sp³-hybridized carbons (Fsp3) is 0.273. The number of ether oxygens (including phenoxy) is 1. The zero-order chi connectivity index (χ0) is 14.6. The standard InChI is InChI=1S/C11H10F3NO4/c1-2-19-7(16)4-15-11(18)5-3-6(12)9(14)10(17)8(5)13/h3,17H,2,4H2,1H3,(H,15,18). The van der Waals surface area contributed by atoms with E-state index in [-0.39, 0.29) is 12.7 Å². The maximum Gasteiger partial charge on any atom is 0.325 e. The molecule has 2 N–H and O–H groups in total. The van der Waals surface area contributed by atoms with Crippen molar-refractivity contribution in [3.63, 3.8) is 0 Å². The van der Waals surface area contributed by atoms with Gasteiger partial charge in [0.25, 0.3) is 5.91 Å². The molecule has 0 aliphatic rings. The molecular weight excluding hydrogens is 267 g/mol. The molecule has 0 heterocycles. The molecule has 1 rings (SSSR count). The molecular formula is C11H10F3NO4. The predicted octanol–water partition coefficient (Wildman–Crippen LogP) is 1.10. The zero-order valence-corrected chi connectivity index (χ0v) is 9.80. The molecule has 5 nitrogen and oxygen atoms in total. The van der Waals surface area contributed by atoms with E-state index in [1.54, 1.807) is 6.92 Å². The second-order valence-corrected chi connectivity index (χ2v) is 3.37. The fourth-order valence-electron chi connectivity index (χ4n) is 1.22. The van der Waals surface area contributed by atoms with E-state index in [2.05, 4.69) is 4.74 Å². The molecule has 0 spiro atoms. The lowest BCUT2D eigenvalue weighted by Crippen LogP contribution is -2.31. The minimum absolute atomic E-state index is 0.0923. The van der Waals surface area contributed by atoms with Crippen molar-refractivity contribution in [1.82, 2.24) is 5.32 Å². The number of carbonyl (C=O) groups excluding carboxylic acids is 2. The third kappa shape index (κ3) is 3.36. The Kier molecular flexibility index (Phi) is 4.74. The normalized spacial score (nSPS) is 10.1. The second-order valence-electron chi connectivity index (χ2n) is 3.37. The summed E-state index contributed by atoms with van der Waals surface area (Å²) in [6.07, 6.45) is 0. The Morgan fingerprint density at radius 2 is 1.95 bits per heavy atom. The van der Waals surface area contributed by atoms with Crippen molar-refractivity contribution >= 4 is 11.9 Å². The molecule has 0 fully saturated rings. The smallest absolute Gasteiger partial charge is 0.325 e. The highest BCUT2D eigenvalue weighted by Crippen LogP contribution is 2.25. The number of nitrogens with one attached hydrogen (secondary N) is 1. The van der Waals surface area contributed by atoms with Gasteiger partial charge in [0.2, 0.25) is 5.82 Å². The van der Waals surface area contributed by atoms with Crippen molar-refractivity contribution < 1.29 is 32.6 Å². The lowest BCUT2D eigenvalue weighted by atomic mass is 10.1. The molecule has 1 aromatic carbocycles. The quantitative estimate of drug-likeness (QED) is 0.638. The molecule has 1 amide bonds. The first kappa shape index (κ1) is 14.8. The molecule has 0 saturated heterocycles. The number of phenolic OH excluding ortho intramolecular Hbond substituents is 1. The summed E-state index contributed by atoms with van der Waals surface area (Å²) in [4.78, 5) is 22.4. The highest BCUT2D eigenvalue weighted by molar-refractivity contribution is 5.96. The lowest BCUT2D eigenvalue weighted by Gasteiger charge is -2.07. The van der Waals surface area contributed by atoms with Crippen LogP contribution in [0.5, 0.6) is 5.75 Å². The molecule has 0 unspecified atom stereocenters. The van der Waals surface area contributed by atoms with Crippen molar-refractivity contribution in [3.8, 4) is 5.75 Å². The number of halogens is 3. The van der Waals surface area contributed by atoms with Crippen molar-refractivity contribution in [2.45, 2.75) is 6.92 Å². The summed E-state index contributed by atoms with van der Waals surface area (Å²) in [7, 11) is 0. The molecule has 0 bridgehead atoms. The zero-order valence-electron chi connectivity index (χ0n) is 9.80. The van der Waals surface area contributed by atoms with E-state index in [1.165, 1.54) is 0 Å². The van der Waals surface area contributed by atoms with Crippen molar-refractivity contribution in [1.29, 1.82) is 0 Å². The minimum atomic E-state index is -1.79. The van der Waals surface area contributed by atoms with Crippen molar-refractivity contribution in [3.05, 3.63) is 29.1 Å². The number of amides is 1. The van der Waals surface area contributed by atoms with Crippen LogP contribution in [0.3, 0.4) is 0 Å². The number of benzene rings is 1. The van der Waals surface area contributed by atoms with Gasteiger partial charge in [-0.1, -0.05) is 0 Å². The highest BCUT2D eigenvalue weighted by Gasteiger charge is 2.22. The van der Waals surface area contributed by atoms with Gasteiger partial charge in [0.05, 0.1) is 12.2 Å². The number of aromatic hydroxyl groups is 1. The van der Waals surface area contributed by atoms with E-state index in [9.17, 15) is 22.8 Å². The van der Waals surface area contributed by atoms with E-state index < -0.39 is 47.2 Å². The summed E-state index contributed by atoms with van der Waals surface area (Å²) in [6.45, 7) is 1.08. The van der Waals surface area contributed by atoms with Crippen LogP contribution < -0.4 is 5.32 Å². The molecule has 0 aromatic heterocycles. The first-order valence-corrected chi connectivity index (χ1v) is 5.18. The molecule has 8 heteroatoms. The van der Waals surface area contributed by atoms with Gasteiger partial charge in [-0.2, -0.15) is 4.39 Å². The molecule has 104 valence electrons. The summed E-state index contributed by atoms with van der Waals surface area (Å²) in [5.41, 5.74) is -0.916. The van der Waals surface area contributed by atoms with Gasteiger partial charge in [-0.05, 0) is 13.0 Å². The Morgan fingerprint density at radius 1 is 1.32 bits per heavy atom. The maximum absolute atomic E-state index is 13.3. The Labute approximate surface area is 106 Å². The van der Waals surface area contributed by atoms with Gasteiger partial charge < -0.3 is 15.2 Å². The van der Waals surface area contributed by atoms with Crippen molar-refractivity contribution in [2.24, 2.45) is 0 Å². The molecule has 0 aliphatic carbocycles. The number of carbonyl (C=O) groups is 2. The number of esters is 1. The van der Waals surface area contributed by atoms with E-state index in [1.807, 2.05) is 5.32 Å². The molecule has 0 atom stereocenters. The Bertz CT molecular complexity index is 519. The van der Waals surface area contributed by atoms with Crippen LogP contribution in [-0.4, -0.2) is 30.1 Å². The van der Waals surface area contributed by atoms with E-state index in [0.717, 1.165) is 0 Å². The molecule has 19 heavy (non-hydrogen) atoms. The first-order valence-electron chi connectivity index (χ1n) is 5.18. The second kappa shape index (κ2) is 6.07. The molecule has 0 saturated carbocycles. The number of hydrogen-bond acceptors (Lipinski definition) is 4. The summed E-state index contributed by atoms with van der Waals surface area (Å²) < 4.78 is 43.5. The van der Waals surface area contributed by atoms with Gasteiger partial charge >= 0.3 is 5.97 Å². The molecule has 0 radical (unpaired) electrons. The average Bonchev–Trinajstić information content (AvgIpc) is 2.38. The first-order chi connectivity index (χ1) is 8.88. The molecule has 0 aliphatic heterocycles. The van der Waals surface area contributed by atoms with Gasteiger partial charge in [0.1, 0.15) is 6.54 Å². The van der Waals surface area contributed by atoms with Crippen LogP contribution >= 0.6 is 0 Å². The van der Waals surface area contributed by atoms with Crippen LogP contribution in [-0.2, 0) is 9.53 Å².